The third-order valence-electron chi connectivity index (χ3n) is 5.98. The molecule has 9 heteroatoms. The minimum atomic E-state index is -0.307. The van der Waals surface area contributed by atoms with Crippen LogP contribution < -0.4 is 10.6 Å². The minimum absolute atomic E-state index is 0.00758. The van der Waals surface area contributed by atoms with Gasteiger partial charge in [-0.2, -0.15) is 5.10 Å². The Labute approximate surface area is 200 Å². The molecule has 2 aromatic heterocycles. The summed E-state index contributed by atoms with van der Waals surface area (Å²) in [6.07, 6.45) is 1.39. The first kappa shape index (κ1) is 22.1. The van der Waals surface area contributed by atoms with Crippen molar-refractivity contribution in [3.8, 4) is 5.69 Å². The van der Waals surface area contributed by atoms with Gasteiger partial charge in [0.15, 0.2) is 0 Å². The summed E-state index contributed by atoms with van der Waals surface area (Å²) in [5, 5.41) is 11.5. The molecule has 4 aromatic rings. The van der Waals surface area contributed by atoms with Gasteiger partial charge in [-0.25, -0.2) is 13.9 Å². The smallest absolute Gasteiger partial charge is 0.321 e. The Hall–Kier alpha value is -3.72. The number of anilines is 1. The zero-order chi connectivity index (χ0) is 23.7. The first-order valence-corrected chi connectivity index (χ1v) is 12.0. The maximum absolute atomic E-state index is 13.3. The SMILES string of the molecule is Cc1nn(-c2ccc(F)cc2)c2sc(C(=O)NC3CCN(C(=O)Nc4ccccc4)CC3)cc12. The number of fused-ring (bicyclic) bond motifs is 1. The van der Waals surface area contributed by atoms with Crippen LogP contribution in [0.2, 0.25) is 0 Å². The molecule has 0 radical (unpaired) electrons. The van der Waals surface area contributed by atoms with Gasteiger partial charge in [-0.1, -0.05) is 18.2 Å². The average molecular weight is 478 g/mol. The van der Waals surface area contributed by atoms with Gasteiger partial charge >= 0.3 is 6.03 Å². The van der Waals surface area contributed by atoms with E-state index in [1.807, 2.05) is 43.3 Å². The van der Waals surface area contributed by atoms with Crippen LogP contribution in [0.4, 0.5) is 14.9 Å². The summed E-state index contributed by atoms with van der Waals surface area (Å²) in [7, 11) is 0. The van der Waals surface area contributed by atoms with Crippen LogP contribution in [0.15, 0.2) is 60.7 Å². The van der Waals surface area contributed by atoms with Crippen molar-refractivity contribution in [1.29, 1.82) is 0 Å². The van der Waals surface area contributed by atoms with Crippen molar-refractivity contribution in [3.05, 3.63) is 77.1 Å². The van der Waals surface area contributed by atoms with Gasteiger partial charge in [-0.15, -0.1) is 11.3 Å². The Kier molecular flexibility index (Phi) is 6.02. The second-order valence-electron chi connectivity index (χ2n) is 8.33. The Morgan fingerprint density at radius 3 is 2.47 bits per heavy atom. The second-order valence-corrected chi connectivity index (χ2v) is 9.36. The summed E-state index contributed by atoms with van der Waals surface area (Å²) >= 11 is 1.37. The van der Waals surface area contributed by atoms with Gasteiger partial charge in [0.25, 0.3) is 5.91 Å². The summed E-state index contributed by atoms with van der Waals surface area (Å²) in [6.45, 7) is 3.05. The number of carbonyl (C=O) groups is 2. The molecule has 5 rings (SSSR count). The molecular weight excluding hydrogens is 453 g/mol. The van der Waals surface area contributed by atoms with Crippen LogP contribution in [-0.4, -0.2) is 45.8 Å². The van der Waals surface area contributed by atoms with Gasteiger partial charge < -0.3 is 15.5 Å². The molecule has 2 aromatic carbocycles. The van der Waals surface area contributed by atoms with E-state index in [2.05, 4.69) is 15.7 Å². The number of hydrogen-bond acceptors (Lipinski definition) is 4. The second kappa shape index (κ2) is 9.26. The number of thiophene rings is 1. The maximum Gasteiger partial charge on any atom is 0.321 e. The molecule has 0 spiro atoms. The first-order chi connectivity index (χ1) is 16.5. The number of hydrogen-bond donors (Lipinski definition) is 2. The summed E-state index contributed by atoms with van der Waals surface area (Å²) in [5.41, 5.74) is 2.32. The number of urea groups is 1. The fourth-order valence-electron chi connectivity index (χ4n) is 4.12. The Morgan fingerprint density at radius 2 is 1.76 bits per heavy atom. The van der Waals surface area contributed by atoms with Gasteiger partial charge in [0, 0.05) is 30.2 Å². The number of benzene rings is 2. The monoisotopic (exact) mass is 477 g/mol. The number of para-hydroxylation sites is 1. The van der Waals surface area contributed by atoms with Crippen LogP contribution in [-0.2, 0) is 0 Å². The van der Waals surface area contributed by atoms with Crippen LogP contribution >= 0.6 is 11.3 Å². The van der Waals surface area contributed by atoms with E-state index >= 15 is 0 Å². The van der Waals surface area contributed by atoms with Crippen LogP contribution in [0.1, 0.15) is 28.2 Å². The lowest BCUT2D eigenvalue weighted by molar-refractivity contribution is 0.0923. The molecule has 0 atom stereocenters. The van der Waals surface area contributed by atoms with Gasteiger partial charge in [0.05, 0.1) is 16.3 Å². The Morgan fingerprint density at radius 1 is 1.06 bits per heavy atom. The highest BCUT2D eigenvalue weighted by molar-refractivity contribution is 7.20. The lowest BCUT2D eigenvalue weighted by Gasteiger charge is -2.32. The molecule has 1 saturated heterocycles. The summed E-state index contributed by atoms with van der Waals surface area (Å²) in [6, 6.07) is 17.2. The molecule has 3 amide bonds. The Bertz CT molecular complexity index is 1320. The quantitative estimate of drug-likeness (QED) is 0.436. The molecule has 7 nitrogen and oxygen atoms in total. The van der Waals surface area contributed by atoms with Crippen LogP contribution in [0.5, 0.6) is 0 Å². The molecule has 0 aliphatic carbocycles. The molecule has 0 saturated carbocycles. The van der Waals surface area contributed by atoms with Crippen LogP contribution in [0.3, 0.4) is 0 Å². The van der Waals surface area contributed by atoms with Crippen molar-refractivity contribution in [2.45, 2.75) is 25.8 Å². The topological polar surface area (TPSA) is 79.3 Å². The highest BCUT2D eigenvalue weighted by Crippen LogP contribution is 2.30. The molecule has 174 valence electrons. The highest BCUT2D eigenvalue weighted by atomic mass is 32.1. The highest BCUT2D eigenvalue weighted by Gasteiger charge is 2.25. The molecule has 2 N–H and O–H groups in total. The normalized spacial score (nSPS) is 14.4. The van der Waals surface area contributed by atoms with Crippen LogP contribution in [0.25, 0.3) is 15.9 Å². The van der Waals surface area contributed by atoms with Gasteiger partial charge in [-0.05, 0) is 62.2 Å². The first-order valence-electron chi connectivity index (χ1n) is 11.1. The van der Waals surface area contributed by atoms with E-state index in [1.54, 1.807) is 21.7 Å². The number of piperidine rings is 1. The van der Waals surface area contributed by atoms with Crippen molar-refractivity contribution < 1.29 is 14.0 Å². The number of nitrogens with zero attached hydrogens (tertiary/aromatic N) is 3. The molecule has 1 fully saturated rings. The molecule has 1 aliphatic rings. The predicted octanol–water partition coefficient (Wildman–Crippen LogP) is 4.96. The summed E-state index contributed by atoms with van der Waals surface area (Å²) < 4.78 is 15.1. The van der Waals surface area contributed by atoms with Crippen LogP contribution in [0, 0.1) is 12.7 Å². The fraction of sp³-hybridized carbons (Fsp3) is 0.240. The molecule has 0 unspecified atom stereocenters. The van der Waals surface area contributed by atoms with Gasteiger partial charge in [0.2, 0.25) is 0 Å². The number of halogens is 1. The average Bonchev–Trinajstić information content (AvgIpc) is 3.41. The van der Waals surface area contributed by atoms with E-state index in [1.165, 1.54) is 23.5 Å². The summed E-state index contributed by atoms with van der Waals surface area (Å²) in [5.74, 6) is -0.433. The zero-order valence-electron chi connectivity index (χ0n) is 18.6. The van der Waals surface area contributed by atoms with Crippen molar-refractivity contribution in [3.63, 3.8) is 0 Å². The van der Waals surface area contributed by atoms with E-state index in [4.69, 9.17) is 0 Å². The third kappa shape index (κ3) is 4.51. The van der Waals surface area contributed by atoms with E-state index < -0.39 is 0 Å². The van der Waals surface area contributed by atoms with Gasteiger partial charge in [0.1, 0.15) is 10.6 Å². The number of aryl methyl sites for hydroxylation is 1. The maximum atomic E-state index is 13.3. The van der Waals surface area contributed by atoms with E-state index in [0.29, 0.717) is 30.8 Å². The number of aromatic nitrogens is 2. The van der Waals surface area contributed by atoms with Crippen molar-refractivity contribution in [2.75, 3.05) is 18.4 Å². The number of nitrogens with one attached hydrogen (secondary N) is 2. The third-order valence-corrected chi connectivity index (χ3v) is 7.09. The van der Waals surface area contributed by atoms with E-state index in [9.17, 15) is 14.0 Å². The number of carbonyl (C=O) groups excluding carboxylic acids is 2. The predicted molar refractivity (Wildman–Crippen MR) is 131 cm³/mol. The molecular formula is C25H24FN5O2S. The van der Waals surface area contributed by atoms with Crippen molar-refractivity contribution in [2.24, 2.45) is 0 Å². The van der Waals surface area contributed by atoms with Crippen molar-refractivity contribution in [1.82, 2.24) is 20.0 Å². The summed E-state index contributed by atoms with van der Waals surface area (Å²) in [4.78, 5) is 28.7. The minimum Gasteiger partial charge on any atom is -0.348 e. The molecule has 34 heavy (non-hydrogen) atoms. The standard InChI is InChI=1S/C25H24FN5O2S/c1-16-21-15-22(34-24(21)31(29-16)20-9-7-17(26)8-10-20)23(32)27-19-11-13-30(14-12-19)25(33)28-18-5-3-2-4-6-18/h2-10,15,19H,11-14H2,1H3,(H,27,32)(H,28,33). The van der Waals surface area contributed by atoms with Crippen molar-refractivity contribution >= 4 is 39.2 Å². The molecule has 0 bridgehead atoms. The molecule has 1 aliphatic heterocycles. The van der Waals surface area contributed by atoms with Gasteiger partial charge in [-0.3, -0.25) is 4.79 Å². The lowest BCUT2D eigenvalue weighted by Crippen LogP contribution is -2.47. The van der Waals surface area contributed by atoms with E-state index in [0.717, 1.165) is 27.3 Å². The number of rotatable bonds is 4. The molecule has 3 heterocycles. The zero-order valence-corrected chi connectivity index (χ0v) is 19.4. The number of likely N-dealkylation sites (tertiary alicyclic amines) is 1. The lowest BCUT2D eigenvalue weighted by atomic mass is 10.1. The fourth-order valence-corrected chi connectivity index (χ4v) is 5.21. The largest absolute Gasteiger partial charge is 0.348 e. The number of amides is 3. The van der Waals surface area contributed by atoms with E-state index in [-0.39, 0.29) is 23.8 Å². The Balaban J connectivity index is 1.22.